The molecule has 2 heterocycles. The zero-order valence-electron chi connectivity index (χ0n) is 19.7. The fourth-order valence-corrected chi connectivity index (χ4v) is 5.13. The molecule has 1 saturated heterocycles. The van der Waals surface area contributed by atoms with Crippen LogP contribution >= 0.6 is 11.8 Å². The first-order chi connectivity index (χ1) is 16.2. The van der Waals surface area contributed by atoms with Gasteiger partial charge in [0.1, 0.15) is 0 Å². The van der Waals surface area contributed by atoms with Gasteiger partial charge in [0.25, 0.3) is 10.1 Å². The molecule has 0 aromatic heterocycles. The maximum atomic E-state index is 9.19. The maximum Gasteiger partial charge on any atom is 0.261 e. The van der Waals surface area contributed by atoms with Crippen LogP contribution in [0, 0.1) is 0 Å². The molecule has 2 aliphatic heterocycles. The molecule has 1 atom stereocenters. The normalized spacial score (nSPS) is 16.4. The minimum absolute atomic E-state index is 0.366. The van der Waals surface area contributed by atoms with Crippen LogP contribution in [0.5, 0.6) is 0 Å². The Morgan fingerprint density at radius 1 is 0.882 bits per heavy atom. The lowest BCUT2D eigenvalue weighted by Gasteiger charge is -2.34. The highest BCUT2D eigenvalue weighted by Crippen LogP contribution is 2.45. The van der Waals surface area contributed by atoms with Crippen LogP contribution in [0.3, 0.4) is 0 Å². The third-order valence-electron chi connectivity index (χ3n) is 6.14. The topological polar surface area (TPSA) is 72.9 Å². The molecule has 2 aliphatic rings. The summed E-state index contributed by atoms with van der Waals surface area (Å²) in [4.78, 5) is 7.48. The Morgan fingerprint density at radius 3 is 2.15 bits per heavy atom. The van der Waals surface area contributed by atoms with Crippen LogP contribution in [0.2, 0.25) is 0 Å². The highest BCUT2D eigenvalue weighted by molar-refractivity contribution is 7.99. The van der Waals surface area contributed by atoms with Crippen molar-refractivity contribution in [2.24, 2.45) is 0 Å². The SMILES string of the molecule is CC(c1ccc(N2CCN(C)CC2)cc1)c1ccc2c(c1)Nc1ccccc1S2.CS(=O)(=O)O. The number of fused-ring (bicyclic) bond motifs is 2. The van der Waals surface area contributed by atoms with Crippen molar-refractivity contribution < 1.29 is 13.0 Å². The lowest BCUT2D eigenvalue weighted by atomic mass is 9.92. The molecule has 0 bridgehead atoms. The summed E-state index contributed by atoms with van der Waals surface area (Å²) in [6, 6.07) is 24.6. The second-order valence-corrected chi connectivity index (χ2v) is 11.4. The van der Waals surface area contributed by atoms with Gasteiger partial charge < -0.3 is 15.1 Å². The van der Waals surface area contributed by atoms with Gasteiger partial charge in [0.2, 0.25) is 0 Å². The number of hydrogen-bond acceptors (Lipinski definition) is 6. The number of anilines is 3. The highest BCUT2D eigenvalue weighted by Gasteiger charge is 2.18. The summed E-state index contributed by atoms with van der Waals surface area (Å²) in [5.74, 6) is 0.366. The molecule has 3 aromatic rings. The van der Waals surface area contributed by atoms with E-state index in [9.17, 15) is 8.42 Å². The number of para-hydroxylation sites is 1. The van der Waals surface area contributed by atoms with Crippen molar-refractivity contribution in [3.63, 3.8) is 0 Å². The standard InChI is InChI=1S/C25H27N3S.CH4O3S/c1-18(19-7-10-21(11-8-19)28-15-13-27(2)14-16-28)20-9-12-25-23(17-20)26-22-5-3-4-6-24(22)29-25;1-5(2,3)4/h3-12,17-18,26H,13-16H2,1-2H3;1H3,(H,2,3,4). The average Bonchev–Trinajstić information content (AvgIpc) is 2.81. The van der Waals surface area contributed by atoms with E-state index in [4.69, 9.17) is 4.55 Å². The van der Waals surface area contributed by atoms with Gasteiger partial charge in [0, 0.05) is 47.6 Å². The Kier molecular flexibility index (Phi) is 7.52. The third kappa shape index (κ3) is 6.33. The molecule has 2 N–H and O–H groups in total. The average molecular weight is 498 g/mol. The largest absolute Gasteiger partial charge is 0.369 e. The molecular weight excluding hydrogens is 466 g/mol. The van der Waals surface area contributed by atoms with Gasteiger partial charge in [-0.25, -0.2) is 0 Å². The fraction of sp³-hybridized carbons (Fsp3) is 0.308. The number of piperazine rings is 1. The van der Waals surface area contributed by atoms with E-state index in [1.165, 1.54) is 38.0 Å². The van der Waals surface area contributed by atoms with E-state index in [1.807, 2.05) is 11.8 Å². The van der Waals surface area contributed by atoms with Crippen molar-refractivity contribution in [1.82, 2.24) is 4.90 Å². The van der Waals surface area contributed by atoms with Crippen LogP contribution in [0.15, 0.2) is 76.5 Å². The Labute approximate surface area is 206 Å². The van der Waals surface area contributed by atoms with E-state index in [1.54, 1.807) is 0 Å². The fourth-order valence-electron chi connectivity index (χ4n) is 4.16. The van der Waals surface area contributed by atoms with Gasteiger partial charge >= 0.3 is 0 Å². The van der Waals surface area contributed by atoms with Crippen LogP contribution < -0.4 is 10.2 Å². The van der Waals surface area contributed by atoms with Crippen molar-refractivity contribution in [2.45, 2.75) is 22.6 Å². The van der Waals surface area contributed by atoms with Crippen LogP contribution in [0.1, 0.15) is 24.0 Å². The summed E-state index contributed by atoms with van der Waals surface area (Å²) in [6.45, 7) is 6.81. The number of hydrogen-bond donors (Lipinski definition) is 2. The van der Waals surface area contributed by atoms with Gasteiger partial charge in [-0.05, 0) is 54.6 Å². The Bertz CT molecular complexity index is 1230. The molecule has 6 nitrogen and oxygen atoms in total. The van der Waals surface area contributed by atoms with Gasteiger partial charge in [0.15, 0.2) is 0 Å². The van der Waals surface area contributed by atoms with E-state index < -0.39 is 10.1 Å². The highest BCUT2D eigenvalue weighted by atomic mass is 32.2. The smallest absolute Gasteiger partial charge is 0.261 e. The molecule has 180 valence electrons. The molecule has 8 heteroatoms. The van der Waals surface area contributed by atoms with Crippen LogP contribution in [0.4, 0.5) is 17.1 Å². The van der Waals surface area contributed by atoms with E-state index in [-0.39, 0.29) is 0 Å². The second-order valence-electron chi connectivity index (χ2n) is 8.82. The first-order valence-corrected chi connectivity index (χ1v) is 14.0. The summed E-state index contributed by atoms with van der Waals surface area (Å²) in [5, 5.41) is 3.61. The van der Waals surface area contributed by atoms with Gasteiger partial charge in [-0.2, -0.15) is 8.42 Å². The summed E-state index contributed by atoms with van der Waals surface area (Å²) in [7, 11) is -1.47. The quantitative estimate of drug-likeness (QED) is 0.372. The van der Waals surface area contributed by atoms with Gasteiger partial charge in [-0.1, -0.05) is 49.0 Å². The molecule has 3 aromatic carbocycles. The Hall–Kier alpha value is -2.52. The summed E-state index contributed by atoms with van der Waals surface area (Å²) >= 11 is 1.85. The Morgan fingerprint density at radius 2 is 1.47 bits per heavy atom. The minimum Gasteiger partial charge on any atom is -0.369 e. The number of nitrogens with one attached hydrogen (secondary N) is 1. The first kappa shape index (κ1) is 24.6. The van der Waals surface area contributed by atoms with Gasteiger partial charge in [-0.3, -0.25) is 4.55 Å². The van der Waals surface area contributed by atoms with Crippen molar-refractivity contribution in [3.05, 3.63) is 77.9 Å². The molecule has 0 radical (unpaired) electrons. The van der Waals surface area contributed by atoms with Crippen LogP contribution in [-0.2, 0) is 10.1 Å². The van der Waals surface area contributed by atoms with Crippen molar-refractivity contribution in [1.29, 1.82) is 0 Å². The van der Waals surface area contributed by atoms with Crippen molar-refractivity contribution in [2.75, 3.05) is 49.7 Å². The molecule has 0 spiro atoms. The lowest BCUT2D eigenvalue weighted by Crippen LogP contribution is -2.44. The Balaban J connectivity index is 0.000000499. The zero-order chi connectivity index (χ0) is 24.3. The number of nitrogens with zero attached hydrogens (tertiary/aromatic N) is 2. The molecule has 5 rings (SSSR count). The summed E-state index contributed by atoms with van der Waals surface area (Å²) in [5.41, 5.74) is 6.47. The van der Waals surface area contributed by atoms with E-state index in [2.05, 4.69) is 95.8 Å². The van der Waals surface area contributed by atoms with E-state index >= 15 is 0 Å². The zero-order valence-corrected chi connectivity index (χ0v) is 21.4. The maximum absolute atomic E-state index is 9.19. The molecule has 0 amide bonds. The number of benzene rings is 3. The predicted octanol–water partition coefficient (Wildman–Crippen LogP) is 5.30. The second kappa shape index (κ2) is 10.4. The van der Waals surface area contributed by atoms with Crippen molar-refractivity contribution in [3.8, 4) is 0 Å². The van der Waals surface area contributed by atoms with E-state index in [0.717, 1.165) is 26.2 Å². The van der Waals surface area contributed by atoms with Crippen LogP contribution in [0.25, 0.3) is 0 Å². The number of likely N-dealkylation sites (N-methyl/N-ethyl adjacent to an activating group) is 1. The molecular formula is C26H31N3O3S2. The monoisotopic (exact) mass is 497 g/mol. The third-order valence-corrected chi connectivity index (χ3v) is 7.29. The first-order valence-electron chi connectivity index (χ1n) is 11.3. The molecule has 1 unspecified atom stereocenters. The van der Waals surface area contributed by atoms with E-state index in [0.29, 0.717) is 12.2 Å². The van der Waals surface area contributed by atoms with Gasteiger partial charge in [-0.15, -0.1) is 0 Å². The molecule has 0 aliphatic carbocycles. The number of rotatable bonds is 3. The molecule has 34 heavy (non-hydrogen) atoms. The predicted molar refractivity (Wildman–Crippen MR) is 141 cm³/mol. The summed E-state index contributed by atoms with van der Waals surface area (Å²) < 4.78 is 25.9. The molecule has 0 saturated carbocycles. The van der Waals surface area contributed by atoms with Gasteiger partial charge in [0.05, 0.1) is 17.6 Å². The van der Waals surface area contributed by atoms with Crippen molar-refractivity contribution >= 4 is 38.9 Å². The minimum atomic E-state index is -3.67. The lowest BCUT2D eigenvalue weighted by molar-refractivity contribution is 0.313. The molecule has 1 fully saturated rings. The summed E-state index contributed by atoms with van der Waals surface area (Å²) in [6.07, 6.45) is 0.715. The van der Waals surface area contributed by atoms with Crippen LogP contribution in [-0.4, -0.2) is 57.4 Å².